The molecule has 6 heteroatoms. The lowest BCUT2D eigenvalue weighted by atomic mass is 9.83. The van der Waals surface area contributed by atoms with Crippen molar-refractivity contribution < 1.29 is 23.8 Å². The van der Waals surface area contributed by atoms with Gasteiger partial charge in [0.1, 0.15) is 0 Å². The predicted molar refractivity (Wildman–Crippen MR) is 99.6 cm³/mol. The van der Waals surface area contributed by atoms with Crippen molar-refractivity contribution in [3.63, 3.8) is 0 Å². The van der Waals surface area contributed by atoms with Crippen LogP contribution in [0.15, 0.2) is 42.2 Å². The van der Waals surface area contributed by atoms with Crippen LogP contribution in [0.4, 0.5) is 4.79 Å². The Hall–Kier alpha value is -2.50. The molecule has 1 heterocycles. The lowest BCUT2D eigenvalue weighted by molar-refractivity contribution is -0.145. The van der Waals surface area contributed by atoms with Gasteiger partial charge in [-0.25, -0.2) is 9.59 Å². The zero-order valence-corrected chi connectivity index (χ0v) is 15.9. The summed E-state index contributed by atoms with van der Waals surface area (Å²) in [5.41, 5.74) is 1.78. The minimum atomic E-state index is -0.671. The molecule has 1 amide bonds. The van der Waals surface area contributed by atoms with E-state index in [1.54, 1.807) is 0 Å². The molecule has 1 aliphatic carbocycles. The molecule has 1 saturated carbocycles. The van der Waals surface area contributed by atoms with Gasteiger partial charge in [0.15, 0.2) is 0 Å². The number of methoxy groups -OCH3 is 1. The molecule has 0 aromatic heterocycles. The molecule has 0 bridgehead atoms. The van der Waals surface area contributed by atoms with E-state index in [-0.39, 0.29) is 17.8 Å². The summed E-state index contributed by atoms with van der Waals surface area (Å²) in [6.45, 7) is 2.63. The summed E-state index contributed by atoms with van der Waals surface area (Å²) in [5, 5.41) is 2.79. The second kappa shape index (κ2) is 8.93. The van der Waals surface area contributed by atoms with Crippen molar-refractivity contribution in [2.75, 3.05) is 13.7 Å². The molecular formula is C21H27NO5. The van der Waals surface area contributed by atoms with Gasteiger partial charge in [-0.3, -0.25) is 0 Å². The smallest absolute Gasteiger partial charge is 0.410 e. The van der Waals surface area contributed by atoms with Crippen molar-refractivity contribution in [1.82, 2.24) is 5.32 Å². The maximum Gasteiger partial charge on any atom is 0.410 e. The zero-order chi connectivity index (χ0) is 19.2. The first-order valence-electron chi connectivity index (χ1n) is 9.52. The third-order valence-corrected chi connectivity index (χ3v) is 5.50. The first-order chi connectivity index (χ1) is 13.1. The van der Waals surface area contributed by atoms with Gasteiger partial charge in [0.2, 0.25) is 6.29 Å². The van der Waals surface area contributed by atoms with E-state index in [9.17, 15) is 9.59 Å². The quantitative estimate of drug-likeness (QED) is 0.611. The molecule has 0 radical (unpaired) electrons. The predicted octanol–water partition coefficient (Wildman–Crippen LogP) is 3.42. The standard InChI is InChI=1S/C21H27NO5/c1-14-10-11-16-17(19(23)25-2)13-26-20(18(14)16)27-21(24)22-12-6-9-15-7-4-3-5-8-15/h3-5,7-8,13-14,16,18,20H,6,9-12H2,1-2H3,(H,22,24). The molecule has 146 valence electrons. The van der Waals surface area contributed by atoms with Crippen molar-refractivity contribution in [1.29, 1.82) is 0 Å². The average molecular weight is 373 g/mol. The number of rotatable bonds is 6. The number of benzene rings is 1. The maximum absolute atomic E-state index is 12.2. The molecule has 1 fully saturated rings. The van der Waals surface area contributed by atoms with Crippen molar-refractivity contribution in [3.05, 3.63) is 47.7 Å². The van der Waals surface area contributed by atoms with Crippen LogP contribution >= 0.6 is 0 Å². The Morgan fingerprint density at radius 1 is 1.22 bits per heavy atom. The van der Waals surface area contributed by atoms with Crippen LogP contribution in [-0.2, 0) is 25.4 Å². The Morgan fingerprint density at radius 2 is 2.00 bits per heavy atom. The van der Waals surface area contributed by atoms with E-state index >= 15 is 0 Å². The number of ether oxygens (including phenoxy) is 3. The maximum atomic E-state index is 12.2. The second-order valence-electron chi connectivity index (χ2n) is 7.23. The number of carbonyl (C=O) groups excluding carboxylic acids is 2. The normalized spacial score (nSPS) is 26.4. The van der Waals surface area contributed by atoms with Gasteiger partial charge in [0.05, 0.1) is 18.9 Å². The fourth-order valence-electron chi connectivity index (χ4n) is 4.06. The molecule has 2 aliphatic rings. The van der Waals surface area contributed by atoms with Crippen molar-refractivity contribution in [2.24, 2.45) is 17.8 Å². The van der Waals surface area contributed by atoms with E-state index < -0.39 is 12.4 Å². The Balaban J connectivity index is 1.50. The molecule has 1 aromatic carbocycles. The van der Waals surface area contributed by atoms with E-state index in [4.69, 9.17) is 14.2 Å². The van der Waals surface area contributed by atoms with Crippen LogP contribution in [0.3, 0.4) is 0 Å². The molecule has 0 spiro atoms. The fraction of sp³-hybridized carbons (Fsp3) is 0.524. The zero-order valence-electron chi connectivity index (χ0n) is 15.9. The van der Waals surface area contributed by atoms with Crippen LogP contribution in [-0.4, -0.2) is 32.0 Å². The van der Waals surface area contributed by atoms with Crippen LogP contribution in [0.2, 0.25) is 0 Å². The summed E-state index contributed by atoms with van der Waals surface area (Å²) < 4.78 is 16.0. The Labute approximate surface area is 159 Å². The lowest BCUT2D eigenvalue weighted by Crippen LogP contribution is -2.41. The third kappa shape index (κ3) is 4.62. The van der Waals surface area contributed by atoms with Crippen molar-refractivity contribution in [2.45, 2.75) is 38.9 Å². The number of amides is 1. The first kappa shape index (κ1) is 19.3. The minimum absolute atomic E-state index is 0.0112. The first-order valence-corrected chi connectivity index (χ1v) is 9.52. The third-order valence-electron chi connectivity index (χ3n) is 5.50. The molecular weight excluding hydrogens is 346 g/mol. The summed E-state index contributed by atoms with van der Waals surface area (Å²) in [6, 6.07) is 10.1. The number of alkyl carbamates (subject to hydrolysis) is 1. The van der Waals surface area contributed by atoms with Crippen LogP contribution in [0.1, 0.15) is 31.7 Å². The SMILES string of the molecule is COC(=O)C1=COC(OC(=O)NCCCc2ccccc2)C2C(C)CCC12. The van der Waals surface area contributed by atoms with Gasteiger partial charge in [0.25, 0.3) is 0 Å². The highest BCUT2D eigenvalue weighted by atomic mass is 16.7. The molecule has 1 aromatic rings. The van der Waals surface area contributed by atoms with Gasteiger partial charge in [-0.2, -0.15) is 0 Å². The largest absolute Gasteiger partial charge is 0.466 e. The van der Waals surface area contributed by atoms with Crippen LogP contribution in [0.5, 0.6) is 0 Å². The fourth-order valence-corrected chi connectivity index (χ4v) is 4.06. The summed E-state index contributed by atoms with van der Waals surface area (Å²) in [4.78, 5) is 24.1. The number of esters is 1. The van der Waals surface area contributed by atoms with E-state index in [1.807, 2.05) is 18.2 Å². The Kier molecular flexibility index (Phi) is 6.37. The van der Waals surface area contributed by atoms with E-state index in [1.165, 1.54) is 18.9 Å². The van der Waals surface area contributed by atoms with Crippen molar-refractivity contribution in [3.8, 4) is 0 Å². The van der Waals surface area contributed by atoms with Gasteiger partial charge < -0.3 is 19.5 Å². The number of aryl methyl sites for hydroxylation is 1. The number of carbonyl (C=O) groups is 2. The Bertz CT molecular complexity index is 687. The van der Waals surface area contributed by atoms with Crippen LogP contribution in [0, 0.1) is 17.8 Å². The van der Waals surface area contributed by atoms with E-state index in [0.29, 0.717) is 18.0 Å². The highest BCUT2D eigenvalue weighted by Gasteiger charge is 2.48. The van der Waals surface area contributed by atoms with Gasteiger partial charge in [-0.1, -0.05) is 37.3 Å². The molecule has 4 unspecified atom stereocenters. The molecule has 27 heavy (non-hydrogen) atoms. The molecule has 0 saturated heterocycles. The minimum Gasteiger partial charge on any atom is -0.466 e. The topological polar surface area (TPSA) is 73.9 Å². The van der Waals surface area contributed by atoms with Crippen LogP contribution in [0.25, 0.3) is 0 Å². The number of hydrogen-bond donors (Lipinski definition) is 1. The number of nitrogens with one attached hydrogen (secondary N) is 1. The number of hydrogen-bond acceptors (Lipinski definition) is 5. The van der Waals surface area contributed by atoms with E-state index in [0.717, 1.165) is 25.7 Å². The van der Waals surface area contributed by atoms with Gasteiger partial charge in [-0.05, 0) is 37.2 Å². The van der Waals surface area contributed by atoms with Crippen molar-refractivity contribution >= 4 is 12.1 Å². The molecule has 1 N–H and O–H groups in total. The Morgan fingerprint density at radius 3 is 2.74 bits per heavy atom. The van der Waals surface area contributed by atoms with Crippen LogP contribution < -0.4 is 5.32 Å². The lowest BCUT2D eigenvalue weighted by Gasteiger charge is -2.34. The summed E-state index contributed by atoms with van der Waals surface area (Å²) in [7, 11) is 1.36. The van der Waals surface area contributed by atoms with Gasteiger partial charge >= 0.3 is 12.1 Å². The molecule has 3 rings (SSSR count). The highest BCUT2D eigenvalue weighted by molar-refractivity contribution is 5.89. The molecule has 4 atom stereocenters. The monoisotopic (exact) mass is 373 g/mol. The average Bonchev–Trinajstić information content (AvgIpc) is 3.08. The number of fused-ring (bicyclic) bond motifs is 1. The van der Waals surface area contributed by atoms with E-state index in [2.05, 4.69) is 24.4 Å². The second-order valence-corrected chi connectivity index (χ2v) is 7.23. The van der Waals surface area contributed by atoms with Gasteiger partial charge in [0, 0.05) is 18.4 Å². The van der Waals surface area contributed by atoms with Gasteiger partial charge in [-0.15, -0.1) is 0 Å². The molecule has 1 aliphatic heterocycles. The molecule has 6 nitrogen and oxygen atoms in total. The summed E-state index contributed by atoms with van der Waals surface area (Å²) in [5.74, 6) is -0.0848. The highest BCUT2D eigenvalue weighted by Crippen LogP contribution is 2.46. The summed E-state index contributed by atoms with van der Waals surface area (Å²) >= 11 is 0. The summed E-state index contributed by atoms with van der Waals surface area (Å²) in [6.07, 6.45) is 3.81.